The highest BCUT2D eigenvalue weighted by molar-refractivity contribution is 9.10. The molecule has 1 aromatic heterocycles. The van der Waals surface area contributed by atoms with E-state index in [-0.39, 0.29) is 12.5 Å². The van der Waals surface area contributed by atoms with Crippen LogP contribution in [-0.4, -0.2) is 21.6 Å². The first-order valence-electron chi connectivity index (χ1n) is 5.83. The van der Waals surface area contributed by atoms with Crippen LogP contribution >= 0.6 is 15.9 Å². The SMILES string of the molecule is Cc1cc(Br)cc(C(=O)Nc2cnn(CC(N)=O)c2)c1. The van der Waals surface area contributed by atoms with Crippen molar-refractivity contribution in [2.45, 2.75) is 13.5 Å². The predicted octanol–water partition coefficient (Wildman–Crippen LogP) is 1.69. The third-order valence-corrected chi connectivity index (χ3v) is 2.97. The molecule has 0 bridgehead atoms. The quantitative estimate of drug-likeness (QED) is 0.890. The Kier molecular flexibility index (Phi) is 4.19. The predicted molar refractivity (Wildman–Crippen MR) is 78.3 cm³/mol. The zero-order valence-electron chi connectivity index (χ0n) is 10.8. The molecule has 20 heavy (non-hydrogen) atoms. The number of hydrogen-bond donors (Lipinski definition) is 2. The number of nitrogens with two attached hydrogens (primary N) is 1. The lowest BCUT2D eigenvalue weighted by molar-refractivity contribution is -0.118. The lowest BCUT2D eigenvalue weighted by Gasteiger charge is -2.04. The summed E-state index contributed by atoms with van der Waals surface area (Å²) >= 11 is 3.35. The zero-order valence-corrected chi connectivity index (χ0v) is 12.3. The first-order chi connectivity index (χ1) is 9.44. The number of carbonyl (C=O) groups is 2. The maximum Gasteiger partial charge on any atom is 0.255 e. The number of aromatic nitrogens is 2. The maximum absolute atomic E-state index is 12.1. The van der Waals surface area contributed by atoms with Gasteiger partial charge in [-0.3, -0.25) is 14.3 Å². The van der Waals surface area contributed by atoms with Crippen molar-refractivity contribution in [3.63, 3.8) is 0 Å². The van der Waals surface area contributed by atoms with E-state index in [0.29, 0.717) is 11.3 Å². The average Bonchev–Trinajstić information content (AvgIpc) is 2.74. The molecule has 0 fully saturated rings. The molecule has 2 amide bonds. The summed E-state index contributed by atoms with van der Waals surface area (Å²) in [6, 6.07) is 5.44. The Morgan fingerprint density at radius 2 is 2.15 bits per heavy atom. The number of benzene rings is 1. The molecule has 0 spiro atoms. The Morgan fingerprint density at radius 3 is 2.80 bits per heavy atom. The van der Waals surface area contributed by atoms with Crippen LogP contribution in [0.2, 0.25) is 0 Å². The Balaban J connectivity index is 2.11. The van der Waals surface area contributed by atoms with Gasteiger partial charge in [0.05, 0.1) is 11.9 Å². The molecule has 2 rings (SSSR count). The molecular weight excluding hydrogens is 324 g/mol. The van der Waals surface area contributed by atoms with Crippen LogP contribution in [0, 0.1) is 6.92 Å². The number of primary amides is 1. The van der Waals surface area contributed by atoms with Gasteiger partial charge >= 0.3 is 0 Å². The monoisotopic (exact) mass is 336 g/mol. The molecule has 1 heterocycles. The van der Waals surface area contributed by atoms with Crippen molar-refractivity contribution < 1.29 is 9.59 Å². The van der Waals surface area contributed by atoms with Gasteiger partial charge in [0, 0.05) is 16.2 Å². The number of nitrogens with one attached hydrogen (secondary N) is 1. The molecule has 0 saturated heterocycles. The minimum Gasteiger partial charge on any atom is -0.368 e. The zero-order chi connectivity index (χ0) is 14.7. The highest BCUT2D eigenvalue weighted by Crippen LogP contribution is 2.16. The standard InChI is InChI=1S/C13H13BrN4O2/c1-8-2-9(4-10(14)3-8)13(20)17-11-5-16-18(6-11)7-12(15)19/h2-6H,7H2,1H3,(H2,15,19)(H,17,20). The summed E-state index contributed by atoms with van der Waals surface area (Å²) in [5.41, 5.74) is 7.10. The van der Waals surface area contributed by atoms with Crippen LogP contribution in [0.15, 0.2) is 35.1 Å². The van der Waals surface area contributed by atoms with Gasteiger partial charge < -0.3 is 11.1 Å². The Labute approximate surface area is 124 Å². The molecule has 2 aromatic rings. The van der Waals surface area contributed by atoms with Crippen LogP contribution in [0.3, 0.4) is 0 Å². The van der Waals surface area contributed by atoms with Gasteiger partial charge in [0.2, 0.25) is 5.91 Å². The molecule has 0 saturated carbocycles. The summed E-state index contributed by atoms with van der Waals surface area (Å²) in [5, 5.41) is 6.64. The Hall–Kier alpha value is -2.15. The number of halogens is 1. The van der Waals surface area contributed by atoms with E-state index in [4.69, 9.17) is 5.73 Å². The smallest absolute Gasteiger partial charge is 0.255 e. The third-order valence-electron chi connectivity index (χ3n) is 2.51. The number of nitrogens with zero attached hydrogens (tertiary/aromatic N) is 2. The summed E-state index contributed by atoms with van der Waals surface area (Å²) in [7, 11) is 0. The van der Waals surface area contributed by atoms with E-state index >= 15 is 0 Å². The van der Waals surface area contributed by atoms with Crippen LogP contribution in [0.1, 0.15) is 15.9 Å². The number of hydrogen-bond acceptors (Lipinski definition) is 3. The first kappa shape index (κ1) is 14.3. The van der Waals surface area contributed by atoms with Gasteiger partial charge in [-0.1, -0.05) is 15.9 Å². The lowest BCUT2D eigenvalue weighted by atomic mass is 10.1. The Morgan fingerprint density at radius 1 is 1.40 bits per heavy atom. The van der Waals surface area contributed by atoms with Gasteiger partial charge in [0.25, 0.3) is 5.91 Å². The van der Waals surface area contributed by atoms with Crippen molar-refractivity contribution >= 4 is 33.4 Å². The van der Waals surface area contributed by atoms with Crippen molar-refractivity contribution in [3.8, 4) is 0 Å². The molecule has 0 aliphatic rings. The van der Waals surface area contributed by atoms with Crippen LogP contribution in [-0.2, 0) is 11.3 Å². The van der Waals surface area contributed by atoms with Crippen molar-refractivity contribution in [1.29, 1.82) is 0 Å². The summed E-state index contributed by atoms with van der Waals surface area (Å²) in [4.78, 5) is 22.9. The van der Waals surface area contributed by atoms with Crippen LogP contribution in [0.5, 0.6) is 0 Å². The largest absolute Gasteiger partial charge is 0.368 e. The molecular formula is C13H13BrN4O2. The molecule has 0 aliphatic heterocycles. The number of amides is 2. The van der Waals surface area contributed by atoms with Crippen molar-refractivity contribution in [1.82, 2.24) is 9.78 Å². The fraction of sp³-hybridized carbons (Fsp3) is 0.154. The minimum atomic E-state index is -0.492. The van der Waals surface area contributed by atoms with E-state index in [1.54, 1.807) is 18.3 Å². The van der Waals surface area contributed by atoms with Crippen molar-refractivity contribution in [2.75, 3.05) is 5.32 Å². The summed E-state index contributed by atoms with van der Waals surface area (Å²) in [5.74, 6) is -0.735. The van der Waals surface area contributed by atoms with Crippen LogP contribution < -0.4 is 11.1 Å². The minimum absolute atomic E-state index is 0.0220. The molecule has 6 nitrogen and oxygen atoms in total. The molecule has 0 atom stereocenters. The second kappa shape index (κ2) is 5.87. The number of rotatable bonds is 4. The van der Waals surface area contributed by atoms with E-state index in [9.17, 15) is 9.59 Å². The normalized spacial score (nSPS) is 10.3. The number of carbonyl (C=O) groups excluding carboxylic acids is 2. The van der Waals surface area contributed by atoms with E-state index in [1.165, 1.54) is 10.9 Å². The molecule has 3 N–H and O–H groups in total. The van der Waals surface area contributed by atoms with Crippen LogP contribution in [0.4, 0.5) is 5.69 Å². The molecule has 0 radical (unpaired) electrons. The Bertz CT molecular complexity index is 646. The molecule has 0 unspecified atom stereocenters. The molecule has 7 heteroatoms. The van der Waals surface area contributed by atoms with Crippen molar-refractivity contribution in [2.24, 2.45) is 5.73 Å². The van der Waals surface area contributed by atoms with Gasteiger partial charge in [0.15, 0.2) is 0 Å². The van der Waals surface area contributed by atoms with Crippen molar-refractivity contribution in [3.05, 3.63) is 46.2 Å². The first-order valence-corrected chi connectivity index (χ1v) is 6.62. The summed E-state index contributed by atoms with van der Waals surface area (Å²) < 4.78 is 2.21. The van der Waals surface area contributed by atoms with Gasteiger partial charge in [-0.15, -0.1) is 0 Å². The van der Waals surface area contributed by atoms with E-state index in [2.05, 4.69) is 26.3 Å². The van der Waals surface area contributed by atoms with Gasteiger partial charge in [-0.25, -0.2) is 0 Å². The van der Waals surface area contributed by atoms with Gasteiger partial charge in [-0.05, 0) is 30.7 Å². The highest BCUT2D eigenvalue weighted by atomic mass is 79.9. The van der Waals surface area contributed by atoms with Gasteiger partial charge in [0.1, 0.15) is 6.54 Å². The fourth-order valence-electron chi connectivity index (χ4n) is 1.74. The molecule has 104 valence electrons. The fourth-order valence-corrected chi connectivity index (χ4v) is 2.35. The summed E-state index contributed by atoms with van der Waals surface area (Å²) in [6.07, 6.45) is 3.01. The van der Waals surface area contributed by atoms with E-state index < -0.39 is 5.91 Å². The number of anilines is 1. The van der Waals surface area contributed by atoms with Gasteiger partial charge in [-0.2, -0.15) is 5.10 Å². The second-order valence-electron chi connectivity index (χ2n) is 4.36. The van der Waals surface area contributed by atoms with Crippen LogP contribution in [0.25, 0.3) is 0 Å². The maximum atomic E-state index is 12.1. The average molecular weight is 337 g/mol. The highest BCUT2D eigenvalue weighted by Gasteiger charge is 2.09. The van der Waals surface area contributed by atoms with E-state index in [1.807, 2.05) is 13.0 Å². The molecule has 0 aliphatic carbocycles. The second-order valence-corrected chi connectivity index (χ2v) is 5.28. The topological polar surface area (TPSA) is 90.0 Å². The number of aryl methyl sites for hydroxylation is 1. The lowest BCUT2D eigenvalue weighted by Crippen LogP contribution is -2.18. The molecule has 1 aromatic carbocycles. The summed E-state index contributed by atoms with van der Waals surface area (Å²) in [6.45, 7) is 1.89. The van der Waals surface area contributed by atoms with E-state index in [0.717, 1.165) is 10.0 Å². The third kappa shape index (κ3) is 3.67.